The van der Waals surface area contributed by atoms with Gasteiger partial charge < -0.3 is 5.73 Å². The minimum atomic E-state index is 0. The van der Waals surface area contributed by atoms with Crippen LogP contribution in [0.3, 0.4) is 0 Å². The molecule has 4 nitrogen and oxygen atoms in total. The number of fused-ring (bicyclic) bond motifs is 1. The fourth-order valence-electron chi connectivity index (χ4n) is 3.66. The van der Waals surface area contributed by atoms with Crippen LogP contribution in [0.4, 0.5) is 11.5 Å². The standard InChI is InChI=1S/C26H18ClN4.Y/c27-22-14-8-7-13-20(22)21-17-23(28)26-29-15-16-31(26)25(21)30-24(18-9-3-1-4-10-18)19-11-5-2-6-12-19;/h1-17,28H;/q-1;. The van der Waals surface area contributed by atoms with E-state index in [1.807, 2.05) is 95.5 Å². The van der Waals surface area contributed by atoms with E-state index in [-0.39, 0.29) is 32.7 Å². The third-order valence-corrected chi connectivity index (χ3v) is 5.45. The van der Waals surface area contributed by atoms with Crippen molar-refractivity contribution >= 4 is 34.5 Å². The van der Waals surface area contributed by atoms with Crippen molar-refractivity contribution in [3.63, 3.8) is 0 Å². The molecule has 0 fully saturated rings. The topological polar surface area (TPSA) is 53.5 Å². The molecular formula is C26H18ClN4Y-. The van der Waals surface area contributed by atoms with Gasteiger partial charge in [0.15, 0.2) is 0 Å². The minimum absolute atomic E-state index is 0. The first-order valence-electron chi connectivity index (χ1n) is 9.88. The van der Waals surface area contributed by atoms with Gasteiger partial charge in [0, 0.05) is 72.4 Å². The summed E-state index contributed by atoms with van der Waals surface area (Å²) in [5, 5.41) is 0.610. The zero-order valence-electron chi connectivity index (χ0n) is 17.1. The molecule has 5 aromatic rings. The Labute approximate surface area is 216 Å². The molecular weight excluding hydrogens is 493 g/mol. The number of nitrogens with zero attached hydrogens (tertiary/aromatic N) is 3. The van der Waals surface area contributed by atoms with Gasteiger partial charge in [-0.1, -0.05) is 102 Å². The third kappa shape index (κ3) is 4.27. The summed E-state index contributed by atoms with van der Waals surface area (Å²) in [4.78, 5) is 9.52. The van der Waals surface area contributed by atoms with E-state index in [1.165, 1.54) is 0 Å². The predicted octanol–water partition coefficient (Wildman–Crippen LogP) is 7.51. The maximum absolute atomic E-state index is 8.47. The first-order chi connectivity index (χ1) is 15.2. The second kappa shape index (κ2) is 9.78. The fourth-order valence-corrected chi connectivity index (χ4v) is 3.90. The van der Waals surface area contributed by atoms with E-state index in [0.29, 0.717) is 22.2 Å². The zero-order valence-corrected chi connectivity index (χ0v) is 20.7. The molecule has 0 unspecified atom stereocenters. The number of hydrogen-bond acceptors (Lipinski definition) is 2. The number of hydrogen-bond donors (Lipinski definition) is 0. The Bertz CT molecular complexity index is 1350. The molecule has 0 spiro atoms. The summed E-state index contributed by atoms with van der Waals surface area (Å²) in [6.45, 7) is 0. The summed E-state index contributed by atoms with van der Waals surface area (Å²) < 4.78 is 1.85. The molecule has 6 heteroatoms. The molecule has 153 valence electrons. The maximum Gasteiger partial charge on any atom is 0.146 e. The minimum Gasteiger partial charge on any atom is -0.696 e. The second-order valence-corrected chi connectivity index (χ2v) is 7.50. The SMILES string of the molecule is [NH-]c1cc(-c2ccccc2Cl)c(N=C(c2ccccc2)c2ccccc2)n2ccnc12.[Y]. The summed E-state index contributed by atoms with van der Waals surface area (Å²) in [6.07, 6.45) is 3.52. The van der Waals surface area contributed by atoms with Crippen LogP contribution in [0.1, 0.15) is 11.1 Å². The summed E-state index contributed by atoms with van der Waals surface area (Å²) >= 11 is 6.54. The van der Waals surface area contributed by atoms with Gasteiger partial charge in [0.1, 0.15) is 11.5 Å². The molecule has 0 amide bonds. The Balaban J connectivity index is 0.00000245. The van der Waals surface area contributed by atoms with Crippen LogP contribution in [-0.4, -0.2) is 15.1 Å². The van der Waals surface area contributed by atoms with E-state index in [9.17, 15) is 0 Å². The average molecular weight is 511 g/mol. The summed E-state index contributed by atoms with van der Waals surface area (Å²) in [6, 6.07) is 29.6. The molecule has 2 heterocycles. The van der Waals surface area contributed by atoms with E-state index in [0.717, 1.165) is 28.0 Å². The van der Waals surface area contributed by atoms with Gasteiger partial charge in [0.05, 0.1) is 5.71 Å². The van der Waals surface area contributed by atoms with Crippen LogP contribution >= 0.6 is 11.6 Å². The van der Waals surface area contributed by atoms with Crippen molar-refractivity contribution in [3.05, 3.63) is 125 Å². The van der Waals surface area contributed by atoms with Gasteiger partial charge in [-0.2, -0.15) is 0 Å². The number of aliphatic imine (C=N–C) groups is 1. The number of aromatic nitrogens is 2. The molecule has 0 saturated carbocycles. The molecule has 32 heavy (non-hydrogen) atoms. The average Bonchev–Trinajstić information content (AvgIpc) is 3.31. The molecule has 1 N–H and O–H groups in total. The first kappa shape index (κ1) is 22.4. The van der Waals surface area contributed by atoms with E-state index in [1.54, 1.807) is 12.3 Å². The Hall–Kier alpha value is -2.79. The zero-order chi connectivity index (χ0) is 21.2. The van der Waals surface area contributed by atoms with E-state index in [4.69, 9.17) is 22.3 Å². The van der Waals surface area contributed by atoms with Gasteiger partial charge in [-0.25, -0.2) is 9.98 Å². The molecule has 0 bridgehead atoms. The van der Waals surface area contributed by atoms with Crippen molar-refractivity contribution in [2.24, 2.45) is 4.99 Å². The van der Waals surface area contributed by atoms with Crippen LogP contribution in [0.15, 0.2) is 108 Å². The molecule has 3 aromatic carbocycles. The Morgan fingerprint density at radius 1 is 0.812 bits per heavy atom. The van der Waals surface area contributed by atoms with Crippen LogP contribution in [0.25, 0.3) is 22.5 Å². The van der Waals surface area contributed by atoms with E-state index >= 15 is 0 Å². The number of nitrogens with one attached hydrogen (secondary N) is 1. The smallest absolute Gasteiger partial charge is 0.146 e. The first-order valence-corrected chi connectivity index (χ1v) is 10.3. The number of imidazole rings is 1. The Morgan fingerprint density at radius 3 is 2.03 bits per heavy atom. The quantitative estimate of drug-likeness (QED) is 0.231. The van der Waals surface area contributed by atoms with Crippen molar-refractivity contribution in [1.29, 1.82) is 0 Å². The number of rotatable bonds is 4. The molecule has 1 radical (unpaired) electrons. The molecule has 0 aliphatic carbocycles. The van der Waals surface area contributed by atoms with Crippen molar-refractivity contribution in [2.45, 2.75) is 0 Å². The van der Waals surface area contributed by atoms with Crippen molar-refractivity contribution in [2.75, 3.05) is 0 Å². The van der Waals surface area contributed by atoms with Gasteiger partial charge in [0.2, 0.25) is 0 Å². The van der Waals surface area contributed by atoms with Crippen molar-refractivity contribution in [1.82, 2.24) is 9.38 Å². The predicted molar refractivity (Wildman–Crippen MR) is 128 cm³/mol. The monoisotopic (exact) mass is 510 g/mol. The molecule has 2 aromatic heterocycles. The number of halogens is 1. The van der Waals surface area contributed by atoms with Gasteiger partial charge in [-0.15, -0.1) is 0 Å². The van der Waals surface area contributed by atoms with Crippen LogP contribution in [0.5, 0.6) is 0 Å². The van der Waals surface area contributed by atoms with Crippen molar-refractivity contribution in [3.8, 4) is 11.1 Å². The second-order valence-electron chi connectivity index (χ2n) is 7.09. The summed E-state index contributed by atoms with van der Waals surface area (Å²) in [7, 11) is 0. The van der Waals surface area contributed by atoms with E-state index in [2.05, 4.69) is 4.98 Å². The van der Waals surface area contributed by atoms with Crippen LogP contribution in [0.2, 0.25) is 5.02 Å². The van der Waals surface area contributed by atoms with Gasteiger partial charge in [-0.3, -0.25) is 4.40 Å². The van der Waals surface area contributed by atoms with E-state index < -0.39 is 0 Å². The van der Waals surface area contributed by atoms with Crippen molar-refractivity contribution < 1.29 is 32.7 Å². The largest absolute Gasteiger partial charge is 0.696 e. The molecule has 0 saturated heterocycles. The Morgan fingerprint density at radius 2 is 1.41 bits per heavy atom. The van der Waals surface area contributed by atoms with Gasteiger partial charge in [-0.05, 0) is 6.07 Å². The normalized spacial score (nSPS) is 10.5. The van der Waals surface area contributed by atoms with Gasteiger partial charge in [0.25, 0.3) is 0 Å². The summed E-state index contributed by atoms with van der Waals surface area (Å²) in [5.74, 6) is 0.680. The summed E-state index contributed by atoms with van der Waals surface area (Å²) in [5.41, 5.74) is 13.8. The Kier molecular flexibility index (Phi) is 6.85. The fraction of sp³-hybridized carbons (Fsp3) is 0. The van der Waals surface area contributed by atoms with Gasteiger partial charge >= 0.3 is 0 Å². The third-order valence-electron chi connectivity index (χ3n) is 5.12. The number of pyridine rings is 1. The molecule has 0 aliphatic heterocycles. The maximum atomic E-state index is 8.47. The van der Waals surface area contributed by atoms with Crippen LogP contribution in [-0.2, 0) is 32.7 Å². The number of benzene rings is 3. The molecule has 0 aliphatic rings. The van der Waals surface area contributed by atoms with Crippen LogP contribution < -0.4 is 0 Å². The molecule has 5 rings (SSSR count). The van der Waals surface area contributed by atoms with Crippen LogP contribution in [0, 0.1) is 0 Å². The molecule has 0 atom stereocenters.